The van der Waals surface area contributed by atoms with Gasteiger partial charge in [-0.3, -0.25) is 0 Å². The molecule has 0 aliphatic heterocycles. The molecule has 2 aromatic heterocycles. The largest absolute Gasteiger partial charge is 0.340 e. The Bertz CT molecular complexity index is 1120. The summed E-state index contributed by atoms with van der Waals surface area (Å²) in [6, 6.07) is 18.5. The summed E-state index contributed by atoms with van der Waals surface area (Å²) in [5, 5.41) is 13.1. The maximum absolute atomic E-state index is 12.3. The van der Waals surface area contributed by atoms with Gasteiger partial charge in [0.05, 0.1) is 0 Å². The second-order valence-electron chi connectivity index (χ2n) is 6.50. The van der Waals surface area contributed by atoms with E-state index in [-0.39, 0.29) is 6.03 Å². The van der Waals surface area contributed by atoms with Gasteiger partial charge in [-0.2, -0.15) is 5.10 Å². The molecule has 0 atom stereocenters. The van der Waals surface area contributed by atoms with Gasteiger partial charge in [0.1, 0.15) is 12.1 Å². The Kier molecular flexibility index (Phi) is 5.66. The standard InChI is InChI=1S/C22H21N7O/c1-2-16-6-3-4-7-19(16)28-22(30)27-18-10-8-17(9-11-18)26-20-14-21(24-15-23-20)29-13-5-12-25-29/h3-15H,2H2,1H3,(H,23,24,26)(H2,27,28,30). The number of para-hydroxylation sites is 1. The lowest BCUT2D eigenvalue weighted by Gasteiger charge is -2.12. The number of hydrogen-bond acceptors (Lipinski definition) is 5. The molecule has 0 spiro atoms. The number of aromatic nitrogens is 4. The second kappa shape index (κ2) is 8.87. The Morgan fingerprint density at radius 2 is 1.77 bits per heavy atom. The van der Waals surface area contributed by atoms with Crippen LogP contribution in [0.1, 0.15) is 12.5 Å². The van der Waals surface area contributed by atoms with Gasteiger partial charge in [-0.25, -0.2) is 19.4 Å². The predicted octanol–water partition coefficient (Wildman–Crippen LogP) is 4.61. The number of carbonyl (C=O) groups is 1. The number of carbonyl (C=O) groups excluding carboxylic acids is 1. The molecule has 8 nitrogen and oxygen atoms in total. The van der Waals surface area contributed by atoms with Crippen LogP contribution in [0.2, 0.25) is 0 Å². The number of aryl methyl sites for hydroxylation is 1. The molecular formula is C22H21N7O. The first-order valence-corrected chi connectivity index (χ1v) is 9.56. The average Bonchev–Trinajstić information content (AvgIpc) is 3.31. The van der Waals surface area contributed by atoms with E-state index >= 15 is 0 Å². The third kappa shape index (κ3) is 4.61. The first-order valence-electron chi connectivity index (χ1n) is 9.56. The molecule has 2 heterocycles. The highest BCUT2D eigenvalue weighted by atomic mass is 16.2. The molecular weight excluding hydrogens is 378 g/mol. The molecule has 0 aliphatic rings. The first kappa shape index (κ1) is 19.1. The fraction of sp³-hybridized carbons (Fsp3) is 0.0909. The quantitative estimate of drug-likeness (QED) is 0.440. The van der Waals surface area contributed by atoms with Crippen LogP contribution >= 0.6 is 0 Å². The summed E-state index contributed by atoms with van der Waals surface area (Å²) >= 11 is 0. The van der Waals surface area contributed by atoms with Crippen LogP contribution in [0, 0.1) is 0 Å². The number of nitrogens with zero attached hydrogens (tertiary/aromatic N) is 4. The Hall–Kier alpha value is -4.20. The van der Waals surface area contributed by atoms with Gasteiger partial charge >= 0.3 is 6.03 Å². The summed E-state index contributed by atoms with van der Waals surface area (Å²) in [5.74, 6) is 1.31. The minimum absolute atomic E-state index is 0.281. The van der Waals surface area contributed by atoms with Gasteiger partial charge in [-0.15, -0.1) is 0 Å². The lowest BCUT2D eigenvalue weighted by Crippen LogP contribution is -2.20. The van der Waals surface area contributed by atoms with Crippen LogP contribution in [-0.2, 0) is 6.42 Å². The van der Waals surface area contributed by atoms with Gasteiger partial charge in [0.2, 0.25) is 0 Å². The van der Waals surface area contributed by atoms with Crippen LogP contribution < -0.4 is 16.0 Å². The van der Waals surface area contributed by atoms with Gasteiger partial charge in [0, 0.05) is 35.5 Å². The maximum atomic E-state index is 12.3. The summed E-state index contributed by atoms with van der Waals surface area (Å²) < 4.78 is 1.66. The van der Waals surface area contributed by atoms with E-state index in [0.717, 1.165) is 23.4 Å². The van der Waals surface area contributed by atoms with E-state index in [1.165, 1.54) is 6.33 Å². The molecule has 0 saturated carbocycles. The summed E-state index contributed by atoms with van der Waals surface area (Å²) in [6.07, 6.45) is 5.84. The molecule has 0 radical (unpaired) electrons. The summed E-state index contributed by atoms with van der Waals surface area (Å²) in [4.78, 5) is 20.8. The summed E-state index contributed by atoms with van der Waals surface area (Å²) in [6.45, 7) is 2.06. The zero-order chi connectivity index (χ0) is 20.8. The molecule has 4 aromatic rings. The lowest BCUT2D eigenvalue weighted by atomic mass is 10.1. The predicted molar refractivity (Wildman–Crippen MR) is 117 cm³/mol. The highest BCUT2D eigenvalue weighted by Gasteiger charge is 2.06. The molecule has 150 valence electrons. The van der Waals surface area contributed by atoms with E-state index in [2.05, 4.69) is 37.9 Å². The van der Waals surface area contributed by atoms with Crippen molar-refractivity contribution in [2.24, 2.45) is 0 Å². The maximum Gasteiger partial charge on any atom is 0.323 e. The molecule has 2 aromatic carbocycles. The third-order valence-electron chi connectivity index (χ3n) is 4.45. The number of nitrogens with one attached hydrogen (secondary N) is 3. The molecule has 4 rings (SSSR count). The van der Waals surface area contributed by atoms with Crippen LogP contribution in [0.25, 0.3) is 5.82 Å². The van der Waals surface area contributed by atoms with Crippen molar-refractivity contribution >= 4 is 28.9 Å². The van der Waals surface area contributed by atoms with Crippen molar-refractivity contribution in [3.05, 3.63) is 84.9 Å². The average molecular weight is 399 g/mol. The molecule has 0 unspecified atom stereocenters. The van der Waals surface area contributed by atoms with Crippen LogP contribution in [0.5, 0.6) is 0 Å². The molecule has 0 bridgehead atoms. The molecule has 0 aliphatic carbocycles. The van der Waals surface area contributed by atoms with Crippen molar-refractivity contribution in [2.75, 3.05) is 16.0 Å². The number of hydrogen-bond donors (Lipinski definition) is 3. The fourth-order valence-corrected chi connectivity index (χ4v) is 2.97. The van der Waals surface area contributed by atoms with Crippen molar-refractivity contribution in [1.29, 1.82) is 0 Å². The summed E-state index contributed by atoms with van der Waals surface area (Å²) in [7, 11) is 0. The minimum atomic E-state index is -0.281. The zero-order valence-electron chi connectivity index (χ0n) is 16.4. The first-order chi connectivity index (χ1) is 14.7. The van der Waals surface area contributed by atoms with Crippen LogP contribution in [0.4, 0.5) is 27.7 Å². The van der Waals surface area contributed by atoms with Gasteiger partial charge in [-0.1, -0.05) is 25.1 Å². The van der Waals surface area contributed by atoms with Crippen molar-refractivity contribution in [2.45, 2.75) is 13.3 Å². The topological polar surface area (TPSA) is 96.8 Å². The Balaban J connectivity index is 1.38. The van der Waals surface area contributed by atoms with Crippen molar-refractivity contribution in [1.82, 2.24) is 19.7 Å². The molecule has 8 heteroatoms. The molecule has 2 amide bonds. The minimum Gasteiger partial charge on any atom is -0.340 e. The van der Waals surface area contributed by atoms with Gasteiger partial charge in [0.15, 0.2) is 5.82 Å². The monoisotopic (exact) mass is 399 g/mol. The number of amides is 2. The third-order valence-corrected chi connectivity index (χ3v) is 4.45. The Morgan fingerprint density at radius 1 is 0.967 bits per heavy atom. The highest BCUT2D eigenvalue weighted by molar-refractivity contribution is 6.00. The van der Waals surface area contributed by atoms with Gasteiger partial charge in [0.25, 0.3) is 0 Å². The highest BCUT2D eigenvalue weighted by Crippen LogP contribution is 2.20. The van der Waals surface area contributed by atoms with Crippen LogP contribution in [0.3, 0.4) is 0 Å². The Morgan fingerprint density at radius 3 is 2.53 bits per heavy atom. The molecule has 30 heavy (non-hydrogen) atoms. The molecule has 0 fully saturated rings. The number of urea groups is 1. The lowest BCUT2D eigenvalue weighted by molar-refractivity contribution is 0.262. The van der Waals surface area contributed by atoms with Gasteiger partial charge in [-0.05, 0) is 48.4 Å². The van der Waals surface area contributed by atoms with E-state index in [9.17, 15) is 4.79 Å². The van der Waals surface area contributed by atoms with Crippen molar-refractivity contribution in [3.63, 3.8) is 0 Å². The van der Waals surface area contributed by atoms with Crippen molar-refractivity contribution in [3.8, 4) is 5.82 Å². The van der Waals surface area contributed by atoms with E-state index in [1.807, 2.05) is 60.8 Å². The zero-order valence-corrected chi connectivity index (χ0v) is 16.4. The van der Waals surface area contributed by atoms with E-state index in [1.54, 1.807) is 16.9 Å². The molecule has 0 saturated heterocycles. The van der Waals surface area contributed by atoms with Gasteiger partial charge < -0.3 is 16.0 Å². The van der Waals surface area contributed by atoms with E-state index in [4.69, 9.17) is 0 Å². The fourth-order valence-electron chi connectivity index (χ4n) is 2.97. The van der Waals surface area contributed by atoms with E-state index in [0.29, 0.717) is 17.3 Å². The van der Waals surface area contributed by atoms with Crippen LogP contribution in [-0.4, -0.2) is 25.8 Å². The van der Waals surface area contributed by atoms with Crippen molar-refractivity contribution < 1.29 is 4.79 Å². The molecule has 3 N–H and O–H groups in total. The van der Waals surface area contributed by atoms with E-state index < -0.39 is 0 Å². The summed E-state index contributed by atoms with van der Waals surface area (Å²) in [5.41, 5.74) is 3.42. The number of benzene rings is 2. The SMILES string of the molecule is CCc1ccccc1NC(=O)Nc1ccc(Nc2cc(-n3cccn3)ncn2)cc1. The second-order valence-corrected chi connectivity index (χ2v) is 6.50. The smallest absolute Gasteiger partial charge is 0.323 e. The number of anilines is 4. The van der Waals surface area contributed by atoms with Crippen LogP contribution in [0.15, 0.2) is 79.4 Å². The normalized spacial score (nSPS) is 10.4. The number of rotatable bonds is 6. The Labute approximate surface area is 174 Å².